The normalized spacial score (nSPS) is 17.7. The summed E-state index contributed by atoms with van der Waals surface area (Å²) in [6.07, 6.45) is 0.902. The van der Waals surface area contributed by atoms with Crippen LogP contribution in [-0.4, -0.2) is 62.7 Å². The second-order valence-electron chi connectivity index (χ2n) is 10.1. The van der Waals surface area contributed by atoms with E-state index in [1.54, 1.807) is 36.2 Å². The van der Waals surface area contributed by atoms with E-state index >= 15 is 0 Å². The number of likely N-dealkylation sites (tertiary alicyclic amines) is 1. The summed E-state index contributed by atoms with van der Waals surface area (Å²) in [6, 6.07) is 9.66. The SMILES string of the molecule is C[C@@H](O)c1nc2c(S(=O)(=O)c3ccccc3)nc3[nH]ccc3c2n1C1CCN(C(=O)OC(C)(C)C)C1. The van der Waals surface area contributed by atoms with Gasteiger partial charge in [0.1, 0.15) is 28.7 Å². The molecule has 4 aromatic rings. The van der Waals surface area contributed by atoms with Gasteiger partial charge < -0.3 is 24.3 Å². The van der Waals surface area contributed by atoms with Crippen molar-refractivity contribution >= 4 is 38.0 Å². The molecule has 0 radical (unpaired) electrons. The van der Waals surface area contributed by atoms with Gasteiger partial charge in [-0.05, 0) is 52.3 Å². The second-order valence-corrected chi connectivity index (χ2v) is 11.9. The number of hydrogen-bond acceptors (Lipinski definition) is 7. The van der Waals surface area contributed by atoms with E-state index in [1.165, 1.54) is 12.1 Å². The van der Waals surface area contributed by atoms with Crippen LogP contribution in [-0.2, 0) is 14.6 Å². The number of nitrogens with one attached hydrogen (secondary N) is 1. The van der Waals surface area contributed by atoms with Crippen molar-refractivity contribution in [1.82, 2.24) is 24.4 Å². The number of pyridine rings is 1. The van der Waals surface area contributed by atoms with Gasteiger partial charge in [0, 0.05) is 24.7 Å². The molecule has 1 aliphatic rings. The monoisotopic (exact) mass is 511 g/mol. The number of ether oxygens (including phenoxy) is 1. The number of aliphatic hydroxyl groups is 1. The lowest BCUT2D eigenvalue weighted by molar-refractivity contribution is 0.0289. The molecule has 0 bridgehead atoms. The number of amides is 1. The maximum Gasteiger partial charge on any atom is 0.410 e. The van der Waals surface area contributed by atoms with Gasteiger partial charge in [0.15, 0.2) is 5.03 Å². The largest absolute Gasteiger partial charge is 0.444 e. The average molecular weight is 512 g/mol. The highest BCUT2D eigenvalue weighted by Gasteiger charge is 2.36. The fourth-order valence-electron chi connectivity index (χ4n) is 4.66. The van der Waals surface area contributed by atoms with Gasteiger partial charge in [-0.3, -0.25) is 0 Å². The van der Waals surface area contributed by atoms with Crippen molar-refractivity contribution in [3.05, 3.63) is 48.4 Å². The van der Waals surface area contributed by atoms with Crippen molar-refractivity contribution in [2.24, 2.45) is 0 Å². The molecule has 1 aromatic carbocycles. The van der Waals surface area contributed by atoms with E-state index < -0.39 is 27.6 Å². The summed E-state index contributed by atoms with van der Waals surface area (Å²) in [5.41, 5.74) is 0.531. The molecule has 1 unspecified atom stereocenters. The summed E-state index contributed by atoms with van der Waals surface area (Å²) in [7, 11) is -4.01. The lowest BCUT2D eigenvalue weighted by Crippen LogP contribution is -2.35. The Hall–Kier alpha value is -3.44. The van der Waals surface area contributed by atoms with Crippen LogP contribution in [0.25, 0.3) is 22.1 Å². The number of aromatic nitrogens is 4. The molecule has 190 valence electrons. The van der Waals surface area contributed by atoms with Crippen molar-refractivity contribution in [2.75, 3.05) is 13.1 Å². The molecule has 11 heteroatoms. The number of rotatable bonds is 4. The molecular weight excluding hydrogens is 482 g/mol. The van der Waals surface area contributed by atoms with Crippen molar-refractivity contribution in [3.63, 3.8) is 0 Å². The first-order valence-corrected chi connectivity index (χ1v) is 13.3. The van der Waals surface area contributed by atoms with Crippen LogP contribution in [0.3, 0.4) is 0 Å². The van der Waals surface area contributed by atoms with Gasteiger partial charge in [-0.25, -0.2) is 23.2 Å². The molecule has 0 aliphatic carbocycles. The van der Waals surface area contributed by atoms with E-state index in [0.29, 0.717) is 41.9 Å². The zero-order valence-corrected chi connectivity index (χ0v) is 21.4. The smallest absolute Gasteiger partial charge is 0.410 e. The molecule has 1 fully saturated rings. The molecule has 1 saturated heterocycles. The van der Waals surface area contributed by atoms with E-state index in [0.717, 1.165) is 0 Å². The Morgan fingerprint density at radius 1 is 1.19 bits per heavy atom. The maximum atomic E-state index is 13.6. The standard InChI is InChI=1S/C25H29N5O5S/c1-15(31)22-27-19-20(30(22)16-11-13-29(14-16)24(32)35-25(2,3)4)18-10-12-26-21(18)28-23(19)36(33,34)17-8-6-5-7-9-17/h5-10,12,15-16,31H,11,13-14H2,1-4H3,(H,26,28)/t15-,16?/m1/s1. The highest BCUT2D eigenvalue weighted by Crippen LogP contribution is 2.37. The zero-order chi connectivity index (χ0) is 25.8. The number of sulfone groups is 1. The van der Waals surface area contributed by atoms with Crippen molar-refractivity contribution in [3.8, 4) is 0 Å². The highest BCUT2D eigenvalue weighted by atomic mass is 32.2. The molecule has 2 N–H and O–H groups in total. The van der Waals surface area contributed by atoms with Crippen LogP contribution in [0.4, 0.5) is 4.79 Å². The summed E-state index contributed by atoms with van der Waals surface area (Å²) in [6.45, 7) is 7.85. The third kappa shape index (κ3) is 4.11. The zero-order valence-electron chi connectivity index (χ0n) is 20.6. The van der Waals surface area contributed by atoms with Crippen molar-refractivity contribution < 1.29 is 23.1 Å². The fourth-order valence-corrected chi connectivity index (χ4v) is 6.01. The van der Waals surface area contributed by atoms with Gasteiger partial charge in [-0.1, -0.05) is 18.2 Å². The number of aliphatic hydroxyl groups excluding tert-OH is 1. The van der Waals surface area contributed by atoms with Crippen LogP contribution in [0.2, 0.25) is 0 Å². The average Bonchev–Trinajstić information content (AvgIpc) is 3.54. The summed E-state index contributed by atoms with van der Waals surface area (Å²) in [5, 5.41) is 11.2. The predicted octanol–water partition coefficient (Wildman–Crippen LogP) is 3.98. The summed E-state index contributed by atoms with van der Waals surface area (Å²) >= 11 is 0. The van der Waals surface area contributed by atoms with Crippen LogP contribution in [0.1, 0.15) is 52.1 Å². The Morgan fingerprint density at radius 2 is 1.92 bits per heavy atom. The van der Waals surface area contributed by atoms with Crippen LogP contribution in [0, 0.1) is 0 Å². The topological polar surface area (TPSA) is 130 Å². The molecule has 4 heterocycles. The van der Waals surface area contributed by atoms with E-state index in [-0.39, 0.29) is 21.5 Å². The summed E-state index contributed by atoms with van der Waals surface area (Å²) in [5.74, 6) is 0.320. The molecule has 0 spiro atoms. The number of fused-ring (bicyclic) bond motifs is 3. The minimum atomic E-state index is -4.01. The molecule has 10 nitrogen and oxygen atoms in total. The Bertz CT molecular complexity index is 1550. The molecular formula is C25H29N5O5S. The molecule has 1 aliphatic heterocycles. The summed E-state index contributed by atoms with van der Waals surface area (Å²) in [4.78, 5) is 26.5. The van der Waals surface area contributed by atoms with Crippen LogP contribution in [0.5, 0.6) is 0 Å². The van der Waals surface area contributed by atoms with Crippen LogP contribution < -0.4 is 0 Å². The highest BCUT2D eigenvalue weighted by molar-refractivity contribution is 7.91. The number of hydrogen-bond donors (Lipinski definition) is 2. The first-order chi connectivity index (χ1) is 17.0. The Labute approximate surface area is 208 Å². The number of nitrogens with zero attached hydrogens (tertiary/aromatic N) is 4. The Morgan fingerprint density at radius 3 is 2.58 bits per heavy atom. The van der Waals surface area contributed by atoms with E-state index in [2.05, 4.69) is 15.0 Å². The first-order valence-electron chi connectivity index (χ1n) is 11.8. The molecule has 0 saturated carbocycles. The van der Waals surface area contributed by atoms with Crippen molar-refractivity contribution in [1.29, 1.82) is 0 Å². The lowest BCUT2D eigenvalue weighted by Gasteiger charge is -2.25. The third-order valence-electron chi connectivity index (χ3n) is 6.20. The molecule has 1 amide bonds. The number of imidazole rings is 1. The van der Waals surface area contributed by atoms with E-state index in [4.69, 9.17) is 4.74 Å². The number of aromatic amines is 1. The lowest BCUT2D eigenvalue weighted by atomic mass is 10.2. The van der Waals surface area contributed by atoms with Gasteiger partial charge in [0.25, 0.3) is 0 Å². The van der Waals surface area contributed by atoms with E-state index in [9.17, 15) is 18.3 Å². The minimum absolute atomic E-state index is 0.106. The number of H-pyrrole nitrogens is 1. The van der Waals surface area contributed by atoms with Gasteiger partial charge in [-0.2, -0.15) is 0 Å². The molecule has 2 atom stereocenters. The van der Waals surface area contributed by atoms with Gasteiger partial charge in [0.05, 0.1) is 16.5 Å². The number of benzene rings is 1. The summed E-state index contributed by atoms with van der Waals surface area (Å²) < 4.78 is 34.7. The molecule has 36 heavy (non-hydrogen) atoms. The van der Waals surface area contributed by atoms with Gasteiger partial charge in [0.2, 0.25) is 9.84 Å². The molecule has 3 aromatic heterocycles. The van der Waals surface area contributed by atoms with Gasteiger partial charge >= 0.3 is 6.09 Å². The molecule has 5 rings (SSSR count). The number of carbonyl (C=O) groups excluding carboxylic acids is 1. The first kappa shape index (κ1) is 24.3. The van der Waals surface area contributed by atoms with E-state index in [1.807, 2.05) is 31.4 Å². The van der Waals surface area contributed by atoms with Crippen LogP contribution in [0.15, 0.2) is 52.5 Å². The quantitative estimate of drug-likeness (QED) is 0.424. The Balaban J connectivity index is 1.69. The predicted molar refractivity (Wildman–Crippen MR) is 133 cm³/mol. The minimum Gasteiger partial charge on any atom is -0.444 e. The van der Waals surface area contributed by atoms with Crippen molar-refractivity contribution in [2.45, 2.75) is 61.8 Å². The maximum absolute atomic E-state index is 13.6. The fraction of sp³-hybridized carbons (Fsp3) is 0.400. The second kappa shape index (κ2) is 8.59. The van der Waals surface area contributed by atoms with Crippen LogP contribution >= 0.6 is 0 Å². The third-order valence-corrected chi connectivity index (χ3v) is 7.88. The number of carbonyl (C=O) groups is 1. The van der Waals surface area contributed by atoms with Gasteiger partial charge in [-0.15, -0.1) is 0 Å². The Kier molecular flexibility index (Phi) is 5.79.